The summed E-state index contributed by atoms with van der Waals surface area (Å²) in [5, 5.41) is 3.07. The first-order valence-electron chi connectivity index (χ1n) is 17.4. The van der Waals surface area contributed by atoms with Gasteiger partial charge in [0.05, 0.1) is 43.6 Å². The van der Waals surface area contributed by atoms with E-state index < -0.39 is 0 Å². The van der Waals surface area contributed by atoms with E-state index in [0.29, 0.717) is 35.3 Å². The Morgan fingerprint density at radius 1 is 0.538 bits per heavy atom. The van der Waals surface area contributed by atoms with Crippen LogP contribution in [-0.4, -0.2) is 18.7 Å². The molecule has 10 heteroatoms. The van der Waals surface area contributed by atoms with E-state index in [9.17, 15) is 9.59 Å². The maximum Gasteiger partial charge on any atom is 0.233 e. The average molecular weight is 689 g/mol. The number of furan rings is 2. The van der Waals surface area contributed by atoms with Crippen molar-refractivity contribution in [3.05, 3.63) is 152 Å². The van der Waals surface area contributed by atoms with E-state index in [4.69, 9.17) is 8.83 Å². The highest BCUT2D eigenvalue weighted by molar-refractivity contribution is 6.14. The van der Waals surface area contributed by atoms with Crippen LogP contribution < -0.4 is 30.7 Å². The van der Waals surface area contributed by atoms with Crippen LogP contribution in [0.3, 0.4) is 0 Å². The van der Waals surface area contributed by atoms with Crippen molar-refractivity contribution in [1.82, 2.24) is 18.7 Å². The summed E-state index contributed by atoms with van der Waals surface area (Å²) in [5.74, 6) is 0. The molecular formula is C42H36N6O4+2. The van der Waals surface area contributed by atoms with Gasteiger partial charge in [-0.2, -0.15) is 0 Å². The second-order valence-electron chi connectivity index (χ2n) is 13.0. The van der Waals surface area contributed by atoms with E-state index in [1.165, 1.54) is 0 Å². The van der Waals surface area contributed by atoms with Crippen LogP contribution in [0, 0.1) is 0 Å². The Morgan fingerprint density at radius 3 is 1.25 bits per heavy atom. The zero-order valence-electron chi connectivity index (χ0n) is 29.3. The molecule has 3 aromatic carbocycles. The van der Waals surface area contributed by atoms with Crippen molar-refractivity contribution in [2.45, 2.75) is 26.9 Å². The second-order valence-corrected chi connectivity index (χ2v) is 13.0. The van der Waals surface area contributed by atoms with Gasteiger partial charge in [0.2, 0.25) is 22.3 Å². The van der Waals surface area contributed by atoms with Crippen LogP contribution in [0.1, 0.15) is 25.0 Å². The highest BCUT2D eigenvalue weighted by Gasteiger charge is 2.29. The Morgan fingerprint density at radius 2 is 0.904 bits per heavy atom. The molecule has 0 aliphatic carbocycles. The minimum atomic E-state index is -0.387. The van der Waals surface area contributed by atoms with Gasteiger partial charge in [-0.1, -0.05) is 36.4 Å². The molecule has 10 nitrogen and oxygen atoms in total. The normalized spacial score (nSPS) is 12.8. The largest absolute Gasteiger partial charge is 0.433 e. The van der Waals surface area contributed by atoms with Gasteiger partial charge in [0, 0.05) is 37.4 Å². The molecule has 0 bridgehead atoms. The molecule has 0 atom stereocenters. The molecule has 0 aliphatic heterocycles. The standard InChI is InChI=1S/C42H36N6O4/c1-5-45-31(25-27-17-21-43(3)22-18-27)33-35-37(49)40-36(38(50)39(35)51-41(33)47(45)29-13-9-7-10-14-29)34-32(26-28-19-23-44(4)24-20-28)46(6-2)48(42(34)52-40)30-15-11-8-12-16-30/h7-26H,5-6H2,1-4H3/q+2. The molecular weight excluding hydrogens is 653 g/mol. The molecule has 0 saturated carbocycles. The highest BCUT2D eigenvalue weighted by Crippen LogP contribution is 2.31. The van der Waals surface area contributed by atoms with Crippen molar-refractivity contribution < 1.29 is 18.0 Å². The summed E-state index contributed by atoms with van der Waals surface area (Å²) in [6.45, 7) is 5.25. The van der Waals surface area contributed by atoms with Crippen molar-refractivity contribution in [2.75, 3.05) is 0 Å². The SMILES string of the molecule is CCn1/c(=C\c2cc[n+](C)cc2)c2c3c(=O)c4oc5c(/c(=C/c6cc[n+](C)cc6)n(CC)n5-c5ccccc5)c4c(=O)c3oc2n1-c1ccccc1. The molecule has 0 amide bonds. The van der Waals surface area contributed by atoms with Crippen molar-refractivity contribution in [2.24, 2.45) is 14.1 Å². The smallest absolute Gasteiger partial charge is 0.233 e. The van der Waals surface area contributed by atoms with E-state index in [0.717, 1.165) is 33.2 Å². The predicted molar refractivity (Wildman–Crippen MR) is 201 cm³/mol. The Balaban J connectivity index is 1.48. The molecule has 52 heavy (non-hydrogen) atoms. The van der Waals surface area contributed by atoms with Crippen molar-refractivity contribution in [1.29, 1.82) is 0 Å². The summed E-state index contributed by atoms with van der Waals surface area (Å²) in [7, 11) is 3.93. The van der Waals surface area contributed by atoms with Gasteiger partial charge in [-0.3, -0.25) is 19.0 Å². The molecule has 9 aromatic rings. The summed E-state index contributed by atoms with van der Waals surface area (Å²) < 4.78 is 25.2. The van der Waals surface area contributed by atoms with E-state index in [2.05, 4.69) is 9.36 Å². The van der Waals surface area contributed by atoms with Crippen molar-refractivity contribution in [3.63, 3.8) is 0 Å². The Kier molecular flexibility index (Phi) is 7.21. The van der Waals surface area contributed by atoms with Crippen LogP contribution in [0.2, 0.25) is 0 Å². The zero-order valence-corrected chi connectivity index (χ0v) is 29.3. The number of rotatable bonds is 6. The van der Waals surface area contributed by atoms with E-state index in [-0.39, 0.29) is 32.8 Å². The number of pyridine rings is 2. The lowest BCUT2D eigenvalue weighted by molar-refractivity contribution is -0.671. The van der Waals surface area contributed by atoms with Crippen LogP contribution >= 0.6 is 0 Å². The van der Waals surface area contributed by atoms with Gasteiger partial charge in [0.25, 0.3) is 0 Å². The summed E-state index contributed by atoms with van der Waals surface area (Å²) in [4.78, 5) is 29.9. The lowest BCUT2D eigenvalue weighted by Gasteiger charge is -2.11. The van der Waals surface area contributed by atoms with Crippen molar-refractivity contribution in [3.8, 4) is 11.4 Å². The fourth-order valence-corrected chi connectivity index (χ4v) is 7.39. The quantitative estimate of drug-likeness (QED) is 0.237. The first-order chi connectivity index (χ1) is 25.4. The van der Waals surface area contributed by atoms with Gasteiger partial charge in [0.15, 0.2) is 36.0 Å². The number of aryl methyl sites for hydroxylation is 2. The maximum absolute atomic E-state index is 14.9. The van der Waals surface area contributed by atoms with Gasteiger partial charge in [-0.25, -0.2) is 18.5 Å². The highest BCUT2D eigenvalue weighted by atomic mass is 16.4. The van der Waals surface area contributed by atoms with Crippen LogP contribution in [-0.2, 0) is 27.2 Å². The number of nitrogens with zero attached hydrogens (tertiary/aromatic N) is 6. The monoisotopic (exact) mass is 688 g/mol. The minimum absolute atomic E-state index is 0.0143. The third-order valence-electron chi connectivity index (χ3n) is 9.80. The maximum atomic E-state index is 14.9. The number of aromatic nitrogens is 6. The molecule has 0 N–H and O–H groups in total. The zero-order chi connectivity index (χ0) is 35.7. The fourth-order valence-electron chi connectivity index (χ4n) is 7.39. The summed E-state index contributed by atoms with van der Waals surface area (Å²) in [6.07, 6.45) is 12.0. The number of fused-ring (bicyclic) bond motifs is 6. The number of benzene rings is 3. The van der Waals surface area contributed by atoms with Crippen LogP contribution in [0.5, 0.6) is 0 Å². The third kappa shape index (κ3) is 4.64. The molecule has 256 valence electrons. The lowest BCUT2D eigenvalue weighted by Crippen LogP contribution is -2.26. The minimum Gasteiger partial charge on any atom is -0.433 e. The molecule has 6 heterocycles. The lowest BCUT2D eigenvalue weighted by atomic mass is 10.1. The number of hydrogen-bond donors (Lipinski definition) is 0. The van der Waals surface area contributed by atoms with E-state index in [1.54, 1.807) is 0 Å². The fraction of sp³-hybridized carbons (Fsp3) is 0.143. The molecule has 9 rings (SSSR count). The molecule has 0 fully saturated rings. The molecule has 0 aliphatic rings. The van der Waals surface area contributed by atoms with Gasteiger partial charge in [-0.05, 0) is 61.4 Å². The van der Waals surface area contributed by atoms with Gasteiger partial charge in [0.1, 0.15) is 14.1 Å². The van der Waals surface area contributed by atoms with Gasteiger partial charge in [-0.15, -0.1) is 0 Å². The van der Waals surface area contributed by atoms with Gasteiger partial charge >= 0.3 is 0 Å². The first-order valence-corrected chi connectivity index (χ1v) is 17.4. The van der Waals surface area contributed by atoms with Crippen LogP contribution in [0.25, 0.3) is 67.7 Å². The first kappa shape index (κ1) is 31.3. The Hall–Kier alpha value is -6.68. The van der Waals surface area contributed by atoms with Crippen LogP contribution in [0.15, 0.2) is 128 Å². The topological polar surface area (TPSA) is 87.9 Å². The Bertz CT molecular complexity index is 2860. The van der Waals surface area contributed by atoms with E-state index >= 15 is 0 Å². The molecule has 0 spiro atoms. The summed E-state index contributed by atoms with van der Waals surface area (Å²) >= 11 is 0. The molecule has 0 unspecified atom stereocenters. The number of hydrogen-bond acceptors (Lipinski definition) is 4. The predicted octanol–water partition coefficient (Wildman–Crippen LogP) is 4.74. The van der Waals surface area contributed by atoms with Gasteiger partial charge < -0.3 is 8.83 Å². The van der Waals surface area contributed by atoms with Crippen molar-refractivity contribution >= 4 is 56.3 Å². The molecule has 0 radical (unpaired) electrons. The van der Waals surface area contributed by atoms with E-state index in [1.807, 2.05) is 168 Å². The second kappa shape index (κ2) is 12.0. The van der Waals surface area contributed by atoms with Crippen LogP contribution in [0.4, 0.5) is 0 Å². The molecule has 6 aromatic heterocycles. The Labute approximate surface area is 296 Å². The third-order valence-corrected chi connectivity index (χ3v) is 9.80. The molecule has 0 saturated heterocycles. The summed E-state index contributed by atoms with van der Waals surface area (Å²) in [6, 6.07) is 27.7. The average Bonchev–Trinajstić information content (AvgIpc) is 3.90. The number of para-hydroxylation sites is 2. The summed E-state index contributed by atoms with van der Waals surface area (Å²) in [5.41, 5.74) is 3.66.